The first kappa shape index (κ1) is 11.8. The summed E-state index contributed by atoms with van der Waals surface area (Å²) in [6.45, 7) is 1.21. The molecule has 0 radical (unpaired) electrons. The van der Waals surface area contributed by atoms with E-state index in [1.807, 2.05) is 0 Å². The molecule has 1 N–H and O–H groups in total. The smallest absolute Gasteiger partial charge is 0.318 e. The molecule has 0 aliphatic rings. The van der Waals surface area contributed by atoms with Gasteiger partial charge in [-0.3, -0.25) is 9.59 Å². The monoisotopic (exact) mass is 239 g/mol. The van der Waals surface area contributed by atoms with Crippen LogP contribution in [0.1, 0.15) is 21.6 Å². The lowest BCUT2D eigenvalue weighted by atomic mass is 10.1. The van der Waals surface area contributed by atoms with Gasteiger partial charge in [0.15, 0.2) is 0 Å². The van der Waals surface area contributed by atoms with E-state index in [2.05, 4.69) is 0 Å². The van der Waals surface area contributed by atoms with Crippen molar-refractivity contribution < 1.29 is 18.0 Å². The highest BCUT2D eigenvalue weighted by Gasteiger charge is 2.33. The Morgan fingerprint density at radius 3 is 2.33 bits per heavy atom. The molecule has 1 aromatic heterocycles. The Morgan fingerprint density at radius 1 is 1.47 bits per heavy atom. The molecule has 0 aliphatic heterocycles. The average molecular weight is 240 g/mol. The molecular weight excluding hydrogens is 235 g/mol. The second-order valence-corrected chi connectivity index (χ2v) is 3.18. The molecule has 1 aromatic rings. The summed E-state index contributed by atoms with van der Waals surface area (Å²) in [7, 11) is 0. The van der Waals surface area contributed by atoms with E-state index in [4.69, 9.17) is 11.6 Å². The number of rotatable bonds is 1. The van der Waals surface area contributed by atoms with Crippen molar-refractivity contribution in [2.75, 3.05) is 0 Å². The number of H-pyrrole nitrogens is 1. The average Bonchev–Trinajstić information content (AvgIpc) is 1.99. The van der Waals surface area contributed by atoms with Gasteiger partial charge >= 0.3 is 6.18 Å². The molecule has 0 aliphatic carbocycles. The van der Waals surface area contributed by atoms with Crippen molar-refractivity contribution in [2.45, 2.75) is 13.1 Å². The van der Waals surface area contributed by atoms with Crippen molar-refractivity contribution in [1.29, 1.82) is 0 Å². The van der Waals surface area contributed by atoms with Crippen LogP contribution in [0.4, 0.5) is 13.2 Å². The summed E-state index contributed by atoms with van der Waals surface area (Å²) in [6, 6.07) is 0.664. The van der Waals surface area contributed by atoms with Gasteiger partial charge in [0.1, 0.15) is 11.3 Å². The van der Waals surface area contributed by atoms with Gasteiger partial charge in [0.25, 0.3) is 10.8 Å². The first-order chi connectivity index (χ1) is 6.73. The van der Waals surface area contributed by atoms with Crippen molar-refractivity contribution in [2.24, 2.45) is 0 Å². The number of alkyl halides is 3. The molecule has 15 heavy (non-hydrogen) atoms. The Balaban J connectivity index is 3.46. The number of hydrogen-bond donors (Lipinski definition) is 1. The van der Waals surface area contributed by atoms with Crippen LogP contribution in [0.2, 0.25) is 0 Å². The minimum atomic E-state index is -4.65. The van der Waals surface area contributed by atoms with Gasteiger partial charge in [-0.25, -0.2) is 0 Å². The van der Waals surface area contributed by atoms with E-state index in [1.165, 1.54) is 6.92 Å². The van der Waals surface area contributed by atoms with Crippen LogP contribution in [0.5, 0.6) is 0 Å². The van der Waals surface area contributed by atoms with E-state index in [1.54, 1.807) is 4.98 Å². The van der Waals surface area contributed by atoms with Crippen LogP contribution < -0.4 is 5.56 Å². The molecule has 7 heteroatoms. The standard InChI is InChI=1S/C8H5ClF3NO2/c1-3-2-4(8(10,11)12)13-7(15)5(3)6(9)14/h2H,1H3,(H,13,15). The van der Waals surface area contributed by atoms with E-state index in [0.29, 0.717) is 6.07 Å². The summed E-state index contributed by atoms with van der Waals surface area (Å²) in [5, 5.41) is -1.08. The zero-order chi connectivity index (χ0) is 11.8. The number of halogens is 4. The summed E-state index contributed by atoms with van der Waals surface area (Å²) < 4.78 is 36.6. The lowest BCUT2D eigenvalue weighted by Gasteiger charge is -2.08. The molecule has 0 saturated heterocycles. The molecule has 0 aromatic carbocycles. The van der Waals surface area contributed by atoms with Crippen molar-refractivity contribution >= 4 is 16.8 Å². The van der Waals surface area contributed by atoms with Gasteiger partial charge in [0.05, 0.1) is 0 Å². The van der Waals surface area contributed by atoms with E-state index in [0.717, 1.165) is 0 Å². The van der Waals surface area contributed by atoms with Crippen LogP contribution in [-0.4, -0.2) is 10.2 Å². The van der Waals surface area contributed by atoms with Gasteiger partial charge in [-0.15, -0.1) is 0 Å². The Morgan fingerprint density at radius 2 is 2.00 bits per heavy atom. The molecule has 0 spiro atoms. The topological polar surface area (TPSA) is 49.9 Å². The van der Waals surface area contributed by atoms with E-state index < -0.39 is 28.2 Å². The minimum absolute atomic E-state index is 0.105. The van der Waals surface area contributed by atoms with Gasteiger partial charge in [0.2, 0.25) is 0 Å². The second kappa shape index (κ2) is 3.69. The number of aryl methyl sites for hydroxylation is 1. The molecule has 0 atom stereocenters. The Bertz CT molecular complexity index is 464. The largest absolute Gasteiger partial charge is 0.431 e. The number of aromatic amines is 1. The van der Waals surface area contributed by atoms with Gasteiger partial charge < -0.3 is 4.98 Å². The van der Waals surface area contributed by atoms with Crippen LogP contribution in [0.25, 0.3) is 0 Å². The van der Waals surface area contributed by atoms with E-state index in [-0.39, 0.29) is 5.56 Å². The number of nitrogens with one attached hydrogen (secondary N) is 1. The van der Waals surface area contributed by atoms with Crippen LogP contribution >= 0.6 is 11.6 Å². The first-order valence-corrected chi connectivity index (χ1v) is 4.12. The molecule has 0 bridgehead atoms. The molecular formula is C8H5ClF3NO2. The van der Waals surface area contributed by atoms with Crippen molar-refractivity contribution in [1.82, 2.24) is 4.98 Å². The maximum Gasteiger partial charge on any atom is 0.431 e. The summed E-state index contributed by atoms with van der Waals surface area (Å²) in [5.74, 6) is 0. The molecule has 0 amide bonds. The fourth-order valence-electron chi connectivity index (χ4n) is 1.09. The summed E-state index contributed by atoms with van der Waals surface area (Å²) in [4.78, 5) is 23.4. The molecule has 82 valence electrons. The fourth-order valence-corrected chi connectivity index (χ4v) is 1.32. The van der Waals surface area contributed by atoms with Gasteiger partial charge in [-0.2, -0.15) is 13.2 Å². The molecule has 0 unspecified atom stereocenters. The maximum absolute atomic E-state index is 12.2. The lowest BCUT2D eigenvalue weighted by Crippen LogP contribution is -2.22. The van der Waals surface area contributed by atoms with Crippen LogP contribution in [0.3, 0.4) is 0 Å². The fraction of sp³-hybridized carbons (Fsp3) is 0.250. The molecule has 1 heterocycles. The number of carbonyl (C=O) groups is 1. The molecule has 1 rings (SSSR count). The third-order valence-electron chi connectivity index (χ3n) is 1.73. The highest BCUT2D eigenvalue weighted by Crippen LogP contribution is 2.27. The van der Waals surface area contributed by atoms with Gasteiger partial charge in [-0.1, -0.05) is 0 Å². The third-order valence-corrected chi connectivity index (χ3v) is 1.92. The van der Waals surface area contributed by atoms with E-state index >= 15 is 0 Å². The predicted molar refractivity (Wildman–Crippen MR) is 47.0 cm³/mol. The first-order valence-electron chi connectivity index (χ1n) is 3.74. The van der Waals surface area contributed by atoms with Crippen molar-refractivity contribution in [3.63, 3.8) is 0 Å². The Hall–Kier alpha value is -1.30. The summed E-state index contributed by atoms with van der Waals surface area (Å²) in [6.07, 6.45) is -4.65. The number of hydrogen-bond acceptors (Lipinski definition) is 2. The summed E-state index contributed by atoms with van der Waals surface area (Å²) >= 11 is 5.04. The normalized spacial score (nSPS) is 11.5. The highest BCUT2D eigenvalue weighted by molar-refractivity contribution is 6.67. The quantitative estimate of drug-likeness (QED) is 0.763. The van der Waals surface area contributed by atoms with Crippen LogP contribution in [-0.2, 0) is 6.18 Å². The third kappa shape index (κ3) is 2.38. The SMILES string of the molecule is Cc1cc(C(F)(F)F)[nH]c(=O)c1C(=O)Cl. The van der Waals surface area contributed by atoms with Crippen molar-refractivity contribution in [3.8, 4) is 0 Å². The zero-order valence-electron chi connectivity index (χ0n) is 7.41. The van der Waals surface area contributed by atoms with Gasteiger partial charge in [-0.05, 0) is 30.2 Å². The number of pyridine rings is 1. The van der Waals surface area contributed by atoms with Crippen LogP contribution in [0.15, 0.2) is 10.9 Å². The van der Waals surface area contributed by atoms with Gasteiger partial charge in [0, 0.05) is 0 Å². The highest BCUT2D eigenvalue weighted by atomic mass is 35.5. The predicted octanol–water partition coefficient (Wildman–Crippen LogP) is 2.08. The second-order valence-electron chi connectivity index (χ2n) is 2.84. The zero-order valence-corrected chi connectivity index (χ0v) is 8.16. The minimum Gasteiger partial charge on any atom is -0.318 e. The van der Waals surface area contributed by atoms with Crippen molar-refractivity contribution in [3.05, 3.63) is 33.2 Å². The summed E-state index contributed by atoms with van der Waals surface area (Å²) in [5.41, 5.74) is -2.91. The molecule has 0 saturated carbocycles. The maximum atomic E-state index is 12.2. The number of aromatic nitrogens is 1. The Labute approximate surface area is 86.9 Å². The van der Waals surface area contributed by atoms with Crippen LogP contribution in [0, 0.1) is 6.92 Å². The molecule has 3 nitrogen and oxygen atoms in total. The Kier molecular flexibility index (Phi) is 2.90. The van der Waals surface area contributed by atoms with E-state index in [9.17, 15) is 22.8 Å². The lowest BCUT2D eigenvalue weighted by molar-refractivity contribution is -0.141. The molecule has 0 fully saturated rings. The number of carbonyl (C=O) groups excluding carboxylic acids is 1.